The molecule has 4 heterocycles. The largest absolute Gasteiger partial charge is 0.459 e. The van der Waals surface area contributed by atoms with Crippen molar-refractivity contribution in [2.24, 2.45) is 0 Å². The van der Waals surface area contributed by atoms with Crippen molar-refractivity contribution in [3.63, 3.8) is 0 Å². The number of aryl methyl sites for hydroxylation is 1. The molecule has 3 aromatic heterocycles. The van der Waals surface area contributed by atoms with Crippen LogP contribution >= 0.6 is 15.9 Å². The summed E-state index contributed by atoms with van der Waals surface area (Å²) in [6.45, 7) is 3.75. The second-order valence-electron chi connectivity index (χ2n) is 6.18. The summed E-state index contributed by atoms with van der Waals surface area (Å²) in [6, 6.07) is 7.11. The first-order valence-electron chi connectivity index (χ1n) is 8.31. The van der Waals surface area contributed by atoms with E-state index >= 15 is 0 Å². The molecule has 0 saturated carbocycles. The van der Waals surface area contributed by atoms with E-state index < -0.39 is 0 Å². The number of halogens is 1. The number of imidazole rings is 1. The van der Waals surface area contributed by atoms with E-state index in [-0.39, 0.29) is 11.8 Å². The summed E-state index contributed by atoms with van der Waals surface area (Å²) in [5, 5.41) is 0. The zero-order valence-corrected chi connectivity index (χ0v) is 15.8. The molecule has 1 saturated heterocycles. The van der Waals surface area contributed by atoms with Crippen LogP contribution in [0.4, 0.5) is 0 Å². The lowest BCUT2D eigenvalue weighted by molar-refractivity contribution is 0.0514. The van der Waals surface area contributed by atoms with E-state index in [9.17, 15) is 9.59 Å². The topological polar surface area (TPSA) is 71.1 Å². The molecular formula is C18H17BrN4O3. The fourth-order valence-corrected chi connectivity index (χ4v) is 3.55. The van der Waals surface area contributed by atoms with Gasteiger partial charge in [-0.1, -0.05) is 0 Å². The molecule has 8 heteroatoms. The molecule has 0 radical (unpaired) electrons. The lowest BCUT2D eigenvalue weighted by Gasteiger charge is -2.34. The molecule has 0 aliphatic carbocycles. The van der Waals surface area contributed by atoms with E-state index in [1.165, 1.54) is 6.26 Å². The third-order valence-electron chi connectivity index (χ3n) is 4.55. The van der Waals surface area contributed by atoms with Gasteiger partial charge < -0.3 is 14.2 Å². The second-order valence-corrected chi connectivity index (χ2v) is 7.10. The molecule has 1 aliphatic rings. The molecule has 4 rings (SSSR count). The highest BCUT2D eigenvalue weighted by Crippen LogP contribution is 2.19. The average molecular weight is 417 g/mol. The summed E-state index contributed by atoms with van der Waals surface area (Å²) in [5.41, 5.74) is 2.00. The molecule has 1 fully saturated rings. The quantitative estimate of drug-likeness (QED) is 0.643. The molecule has 0 atom stereocenters. The van der Waals surface area contributed by atoms with Crippen LogP contribution in [0.5, 0.6) is 0 Å². The van der Waals surface area contributed by atoms with Gasteiger partial charge >= 0.3 is 0 Å². The Hall–Kier alpha value is -2.61. The molecule has 26 heavy (non-hydrogen) atoms. The van der Waals surface area contributed by atoms with E-state index in [0.717, 1.165) is 10.1 Å². The van der Waals surface area contributed by atoms with Crippen LogP contribution in [-0.2, 0) is 0 Å². The maximum absolute atomic E-state index is 13.0. The van der Waals surface area contributed by atoms with Gasteiger partial charge in [-0.3, -0.25) is 14.0 Å². The van der Waals surface area contributed by atoms with Crippen molar-refractivity contribution in [3.05, 3.63) is 58.3 Å². The number of amides is 2. The maximum Gasteiger partial charge on any atom is 0.289 e. The number of carbonyl (C=O) groups is 2. The van der Waals surface area contributed by atoms with Crippen molar-refractivity contribution in [3.8, 4) is 0 Å². The molecule has 2 amide bonds. The fourth-order valence-electron chi connectivity index (χ4n) is 3.21. The Balaban J connectivity index is 1.51. The van der Waals surface area contributed by atoms with Gasteiger partial charge in [0.05, 0.1) is 12.0 Å². The van der Waals surface area contributed by atoms with Gasteiger partial charge in [0.15, 0.2) is 5.76 Å². The van der Waals surface area contributed by atoms with Gasteiger partial charge in [0.2, 0.25) is 0 Å². The van der Waals surface area contributed by atoms with Crippen molar-refractivity contribution in [2.45, 2.75) is 6.92 Å². The number of pyridine rings is 1. The first-order valence-corrected chi connectivity index (χ1v) is 9.10. The summed E-state index contributed by atoms with van der Waals surface area (Å²) in [5.74, 6) is 0.113. The normalized spacial score (nSPS) is 14.8. The van der Waals surface area contributed by atoms with Gasteiger partial charge in [-0.15, -0.1) is 0 Å². The summed E-state index contributed by atoms with van der Waals surface area (Å²) in [4.78, 5) is 33.3. The third kappa shape index (κ3) is 2.90. The molecule has 1 aliphatic heterocycles. The Kier molecular flexibility index (Phi) is 4.28. The van der Waals surface area contributed by atoms with Crippen LogP contribution < -0.4 is 0 Å². The van der Waals surface area contributed by atoms with E-state index in [2.05, 4.69) is 20.9 Å². The molecule has 0 spiro atoms. The average Bonchev–Trinajstić information content (AvgIpc) is 3.28. The fraction of sp³-hybridized carbons (Fsp3) is 0.278. The number of fused-ring (bicyclic) bond motifs is 1. The van der Waals surface area contributed by atoms with Crippen LogP contribution in [0, 0.1) is 6.92 Å². The summed E-state index contributed by atoms with van der Waals surface area (Å²) >= 11 is 3.44. The van der Waals surface area contributed by atoms with Crippen LogP contribution in [0.3, 0.4) is 0 Å². The monoisotopic (exact) mass is 416 g/mol. The summed E-state index contributed by atoms with van der Waals surface area (Å²) in [7, 11) is 0. The molecule has 0 unspecified atom stereocenters. The lowest BCUT2D eigenvalue weighted by Crippen LogP contribution is -2.50. The van der Waals surface area contributed by atoms with Crippen LogP contribution in [0.25, 0.3) is 5.65 Å². The van der Waals surface area contributed by atoms with Crippen molar-refractivity contribution in [1.82, 2.24) is 19.2 Å². The Morgan fingerprint density at radius 3 is 2.42 bits per heavy atom. The number of hydrogen-bond acceptors (Lipinski definition) is 4. The number of piperazine rings is 1. The molecule has 7 nitrogen and oxygen atoms in total. The number of aromatic nitrogens is 2. The van der Waals surface area contributed by atoms with E-state index in [1.807, 2.05) is 29.7 Å². The SMILES string of the molecule is Cc1nc2ccc(Br)cn2c1C(=O)N1CCN(C(=O)c2ccco2)CC1. The highest BCUT2D eigenvalue weighted by molar-refractivity contribution is 9.10. The lowest BCUT2D eigenvalue weighted by atomic mass is 10.2. The number of furan rings is 1. The minimum absolute atomic E-state index is 0.0711. The zero-order valence-electron chi connectivity index (χ0n) is 14.2. The third-order valence-corrected chi connectivity index (χ3v) is 5.01. The molecular weight excluding hydrogens is 400 g/mol. The number of nitrogens with zero attached hydrogens (tertiary/aromatic N) is 4. The van der Waals surface area contributed by atoms with Crippen LogP contribution in [-0.4, -0.2) is 57.2 Å². The molecule has 0 N–H and O–H groups in total. The molecule has 3 aromatic rings. The Labute approximate surface area is 158 Å². The van der Waals surface area contributed by atoms with Crippen molar-refractivity contribution in [2.75, 3.05) is 26.2 Å². The van der Waals surface area contributed by atoms with Crippen molar-refractivity contribution in [1.29, 1.82) is 0 Å². The van der Waals surface area contributed by atoms with E-state index in [4.69, 9.17) is 4.42 Å². The number of hydrogen-bond donors (Lipinski definition) is 0. The highest BCUT2D eigenvalue weighted by atomic mass is 79.9. The maximum atomic E-state index is 13.0. The Bertz CT molecular complexity index is 972. The van der Waals surface area contributed by atoms with Gasteiger partial charge in [-0.2, -0.15) is 0 Å². The van der Waals surface area contributed by atoms with Gasteiger partial charge in [0.25, 0.3) is 11.8 Å². The van der Waals surface area contributed by atoms with Crippen LogP contribution in [0.15, 0.2) is 45.6 Å². The minimum Gasteiger partial charge on any atom is -0.459 e. The smallest absolute Gasteiger partial charge is 0.289 e. The van der Waals surface area contributed by atoms with E-state index in [0.29, 0.717) is 43.3 Å². The highest BCUT2D eigenvalue weighted by Gasteiger charge is 2.29. The van der Waals surface area contributed by atoms with Gasteiger partial charge in [-0.25, -0.2) is 4.98 Å². The predicted molar refractivity (Wildman–Crippen MR) is 98.1 cm³/mol. The second kappa shape index (κ2) is 6.60. The standard InChI is InChI=1S/C18H17BrN4O3/c1-12-16(23-11-13(19)4-5-15(23)20-12)18(25)22-8-6-21(7-9-22)17(24)14-3-2-10-26-14/h2-5,10-11H,6-9H2,1H3. The van der Waals surface area contributed by atoms with Crippen LogP contribution in [0.2, 0.25) is 0 Å². The number of carbonyl (C=O) groups excluding carboxylic acids is 2. The molecule has 0 aromatic carbocycles. The predicted octanol–water partition coefficient (Wildman–Crippen LogP) is 2.60. The van der Waals surface area contributed by atoms with Gasteiger partial charge in [-0.05, 0) is 47.1 Å². The summed E-state index contributed by atoms with van der Waals surface area (Å²) < 4.78 is 7.86. The van der Waals surface area contributed by atoms with Gasteiger partial charge in [0, 0.05) is 36.8 Å². The van der Waals surface area contributed by atoms with E-state index in [1.54, 1.807) is 21.9 Å². The van der Waals surface area contributed by atoms with Crippen molar-refractivity contribution >= 4 is 33.4 Å². The Morgan fingerprint density at radius 1 is 1.08 bits per heavy atom. The van der Waals surface area contributed by atoms with Gasteiger partial charge in [0.1, 0.15) is 11.3 Å². The minimum atomic E-state index is -0.142. The summed E-state index contributed by atoms with van der Waals surface area (Å²) in [6.07, 6.45) is 3.33. The van der Waals surface area contributed by atoms with Crippen LogP contribution in [0.1, 0.15) is 26.7 Å². The number of rotatable bonds is 2. The molecule has 0 bridgehead atoms. The first kappa shape index (κ1) is 16.8. The van der Waals surface area contributed by atoms with Crippen molar-refractivity contribution < 1.29 is 14.0 Å². The Morgan fingerprint density at radius 2 is 1.77 bits per heavy atom. The zero-order chi connectivity index (χ0) is 18.3. The first-order chi connectivity index (χ1) is 12.5. The molecule has 134 valence electrons.